The molecule has 0 spiro atoms. The molecular formula is C8H6BrNS. The number of rotatable bonds is 1. The van der Waals surface area contributed by atoms with Crippen LogP contribution in [0.4, 0.5) is 0 Å². The third-order valence-corrected chi connectivity index (χ3v) is 2.98. The van der Waals surface area contributed by atoms with Gasteiger partial charge in [0.25, 0.3) is 0 Å². The molecular weight excluding hydrogens is 222 g/mol. The average Bonchev–Trinajstić information content (AvgIpc) is 2.50. The number of halogens is 1. The van der Waals surface area contributed by atoms with Gasteiger partial charge >= 0.3 is 0 Å². The Morgan fingerprint density at radius 3 is 3.18 bits per heavy atom. The van der Waals surface area contributed by atoms with Crippen molar-refractivity contribution in [2.24, 2.45) is 0 Å². The van der Waals surface area contributed by atoms with Gasteiger partial charge in [-0.1, -0.05) is 28.1 Å². The maximum atomic E-state index is 4.10. The first-order valence-corrected chi connectivity index (χ1v) is 5.19. The molecule has 0 fully saturated rings. The lowest BCUT2D eigenvalue weighted by Crippen LogP contribution is -1.73. The van der Waals surface area contributed by atoms with Crippen molar-refractivity contribution in [1.29, 1.82) is 0 Å². The van der Waals surface area contributed by atoms with Crippen molar-refractivity contribution >= 4 is 37.5 Å². The molecule has 56 valence electrons. The van der Waals surface area contributed by atoms with Crippen LogP contribution in [0.15, 0.2) is 24.4 Å². The Balaban J connectivity index is 2.67. The molecule has 0 amide bonds. The van der Waals surface area contributed by atoms with Gasteiger partial charge in [0.2, 0.25) is 0 Å². The number of nitrogens with zero attached hydrogens (tertiary/aromatic N) is 1. The van der Waals surface area contributed by atoms with Crippen LogP contribution in [0.3, 0.4) is 0 Å². The van der Waals surface area contributed by atoms with Gasteiger partial charge in [0.1, 0.15) is 0 Å². The van der Waals surface area contributed by atoms with Crippen LogP contribution in [0.25, 0.3) is 10.1 Å². The predicted molar refractivity (Wildman–Crippen MR) is 52.3 cm³/mol. The molecule has 0 aliphatic carbocycles. The molecule has 1 aromatic carbocycles. The van der Waals surface area contributed by atoms with Crippen LogP contribution < -0.4 is 0 Å². The first kappa shape index (κ1) is 7.25. The molecule has 0 atom stereocenters. The molecule has 0 saturated heterocycles. The van der Waals surface area contributed by atoms with Crippen LogP contribution >= 0.6 is 27.5 Å². The number of hydrogen-bond donors (Lipinski definition) is 0. The Bertz CT molecular complexity index is 369. The zero-order chi connectivity index (χ0) is 7.68. The van der Waals surface area contributed by atoms with Gasteiger partial charge < -0.3 is 0 Å². The summed E-state index contributed by atoms with van der Waals surface area (Å²) in [5.41, 5.74) is 1.31. The average molecular weight is 228 g/mol. The molecule has 11 heavy (non-hydrogen) atoms. The summed E-state index contributed by atoms with van der Waals surface area (Å²) in [6.07, 6.45) is 1.90. The van der Waals surface area contributed by atoms with E-state index in [2.05, 4.69) is 38.5 Å². The van der Waals surface area contributed by atoms with E-state index in [0.717, 1.165) is 5.33 Å². The van der Waals surface area contributed by atoms with Crippen LogP contribution in [-0.4, -0.2) is 4.37 Å². The molecule has 0 N–H and O–H groups in total. The van der Waals surface area contributed by atoms with E-state index in [1.54, 1.807) is 11.5 Å². The van der Waals surface area contributed by atoms with E-state index in [4.69, 9.17) is 0 Å². The second kappa shape index (κ2) is 2.91. The summed E-state index contributed by atoms with van der Waals surface area (Å²) in [7, 11) is 0. The number of aromatic nitrogens is 1. The lowest BCUT2D eigenvalue weighted by Gasteiger charge is -1.92. The van der Waals surface area contributed by atoms with Gasteiger partial charge in [-0.25, -0.2) is 0 Å². The number of alkyl halides is 1. The lowest BCUT2D eigenvalue weighted by molar-refractivity contribution is 1.47. The highest BCUT2D eigenvalue weighted by molar-refractivity contribution is 9.08. The first-order chi connectivity index (χ1) is 5.40. The summed E-state index contributed by atoms with van der Waals surface area (Å²) in [5.74, 6) is 0. The third-order valence-electron chi connectivity index (χ3n) is 1.58. The fraction of sp³-hybridized carbons (Fsp3) is 0.125. The minimum absolute atomic E-state index is 0.918. The van der Waals surface area contributed by atoms with Gasteiger partial charge in [-0.2, -0.15) is 4.37 Å². The van der Waals surface area contributed by atoms with E-state index < -0.39 is 0 Å². The second-order valence-electron chi connectivity index (χ2n) is 2.33. The summed E-state index contributed by atoms with van der Waals surface area (Å²) in [4.78, 5) is 0. The van der Waals surface area contributed by atoms with Crippen LogP contribution in [0.2, 0.25) is 0 Å². The summed E-state index contributed by atoms with van der Waals surface area (Å²) < 4.78 is 5.37. The lowest BCUT2D eigenvalue weighted by atomic mass is 10.2. The van der Waals surface area contributed by atoms with Crippen LogP contribution in [-0.2, 0) is 5.33 Å². The SMILES string of the molecule is BrCc1ccc2cnsc2c1. The molecule has 0 saturated carbocycles. The Morgan fingerprint density at radius 2 is 2.36 bits per heavy atom. The molecule has 0 radical (unpaired) electrons. The molecule has 0 aliphatic rings. The van der Waals surface area contributed by atoms with Gasteiger partial charge in [-0.3, -0.25) is 0 Å². The smallest absolute Gasteiger partial charge is 0.0553 e. The monoisotopic (exact) mass is 227 g/mol. The first-order valence-electron chi connectivity index (χ1n) is 3.29. The highest BCUT2D eigenvalue weighted by Gasteiger charge is 1.96. The normalized spacial score (nSPS) is 10.6. The van der Waals surface area contributed by atoms with Gasteiger partial charge in [-0.15, -0.1) is 0 Å². The van der Waals surface area contributed by atoms with E-state index in [-0.39, 0.29) is 0 Å². The van der Waals surface area contributed by atoms with Crippen molar-refractivity contribution in [3.8, 4) is 0 Å². The highest BCUT2D eigenvalue weighted by Crippen LogP contribution is 2.20. The summed E-state index contributed by atoms with van der Waals surface area (Å²) in [5, 5.41) is 2.15. The van der Waals surface area contributed by atoms with E-state index in [0.29, 0.717) is 0 Å². The Morgan fingerprint density at radius 1 is 1.45 bits per heavy atom. The maximum absolute atomic E-state index is 4.10. The van der Waals surface area contributed by atoms with Crippen molar-refractivity contribution in [3.05, 3.63) is 30.0 Å². The van der Waals surface area contributed by atoms with Crippen molar-refractivity contribution in [3.63, 3.8) is 0 Å². The van der Waals surface area contributed by atoms with Crippen LogP contribution in [0, 0.1) is 0 Å². The molecule has 2 aromatic rings. The Kier molecular flexibility index (Phi) is 1.92. The predicted octanol–water partition coefficient (Wildman–Crippen LogP) is 3.19. The summed E-state index contributed by atoms with van der Waals surface area (Å²) in [6.45, 7) is 0. The molecule has 0 unspecified atom stereocenters. The summed E-state index contributed by atoms with van der Waals surface area (Å²) >= 11 is 4.96. The van der Waals surface area contributed by atoms with E-state index in [9.17, 15) is 0 Å². The van der Waals surface area contributed by atoms with E-state index in [1.807, 2.05) is 6.20 Å². The van der Waals surface area contributed by atoms with Crippen LogP contribution in [0.1, 0.15) is 5.56 Å². The largest absolute Gasteiger partial charge is 0.200 e. The number of hydrogen-bond acceptors (Lipinski definition) is 2. The zero-order valence-corrected chi connectivity index (χ0v) is 8.15. The Hall–Kier alpha value is -0.410. The van der Waals surface area contributed by atoms with E-state index in [1.165, 1.54) is 15.6 Å². The molecule has 0 bridgehead atoms. The number of fused-ring (bicyclic) bond motifs is 1. The highest BCUT2D eigenvalue weighted by atomic mass is 79.9. The minimum atomic E-state index is 0.918. The zero-order valence-electron chi connectivity index (χ0n) is 5.75. The molecule has 2 rings (SSSR count). The van der Waals surface area contributed by atoms with Crippen molar-refractivity contribution in [2.75, 3.05) is 0 Å². The Labute approximate surface area is 77.3 Å². The molecule has 1 nitrogen and oxygen atoms in total. The van der Waals surface area contributed by atoms with Gasteiger partial charge in [0, 0.05) is 16.9 Å². The van der Waals surface area contributed by atoms with Crippen molar-refractivity contribution in [1.82, 2.24) is 4.37 Å². The topological polar surface area (TPSA) is 12.9 Å². The van der Waals surface area contributed by atoms with E-state index >= 15 is 0 Å². The fourth-order valence-corrected chi connectivity index (χ4v) is 2.05. The fourth-order valence-electron chi connectivity index (χ4n) is 0.988. The van der Waals surface area contributed by atoms with Gasteiger partial charge in [0.05, 0.1) is 4.70 Å². The standard InChI is InChI=1S/C8H6BrNS/c9-4-6-1-2-7-5-10-11-8(7)3-6/h1-3,5H,4H2. The maximum Gasteiger partial charge on any atom is 0.0553 e. The molecule has 1 heterocycles. The minimum Gasteiger partial charge on any atom is -0.200 e. The summed E-state index contributed by atoms with van der Waals surface area (Å²) in [6, 6.07) is 6.39. The second-order valence-corrected chi connectivity index (χ2v) is 3.73. The third kappa shape index (κ3) is 1.30. The molecule has 0 aliphatic heterocycles. The van der Waals surface area contributed by atoms with Crippen molar-refractivity contribution in [2.45, 2.75) is 5.33 Å². The quantitative estimate of drug-likeness (QED) is 0.683. The van der Waals surface area contributed by atoms with Crippen molar-refractivity contribution < 1.29 is 0 Å². The van der Waals surface area contributed by atoms with Gasteiger partial charge in [-0.05, 0) is 23.2 Å². The van der Waals surface area contributed by atoms with Crippen LogP contribution in [0.5, 0.6) is 0 Å². The molecule has 3 heteroatoms. The molecule has 1 aromatic heterocycles. The van der Waals surface area contributed by atoms with Gasteiger partial charge in [0.15, 0.2) is 0 Å². The number of benzene rings is 1.